The van der Waals surface area contributed by atoms with Gasteiger partial charge in [-0.2, -0.15) is 0 Å². The highest BCUT2D eigenvalue weighted by Crippen LogP contribution is 2.28. The van der Waals surface area contributed by atoms with Crippen LogP contribution in [0.25, 0.3) is 0 Å². The summed E-state index contributed by atoms with van der Waals surface area (Å²) in [5, 5.41) is 3.40. The molecule has 0 heterocycles. The number of carbonyl (C=O) groups excluding carboxylic acids is 1. The lowest BCUT2D eigenvalue weighted by atomic mass is 9.95. The molecule has 5 heteroatoms. The van der Waals surface area contributed by atoms with Crippen LogP contribution in [0.3, 0.4) is 0 Å². The van der Waals surface area contributed by atoms with Crippen LogP contribution in [-0.2, 0) is 10.3 Å². The molecule has 1 rings (SSSR count). The molecule has 0 atom stereocenters. The molecule has 0 unspecified atom stereocenters. The van der Waals surface area contributed by atoms with Gasteiger partial charge in [-0.25, -0.2) is 4.79 Å². The van der Waals surface area contributed by atoms with Crippen molar-refractivity contribution >= 4 is 33.6 Å². The zero-order chi connectivity index (χ0) is 13.1. The van der Waals surface area contributed by atoms with E-state index in [1.54, 1.807) is 6.92 Å². The monoisotopic (exact) mass is 319 g/mol. The summed E-state index contributed by atoms with van der Waals surface area (Å²) in [6, 6.07) is 5.58. The molecule has 0 saturated carbocycles. The first-order chi connectivity index (χ1) is 7.86. The van der Waals surface area contributed by atoms with Crippen molar-refractivity contribution in [2.75, 3.05) is 6.61 Å². The maximum absolute atomic E-state index is 11.4. The molecule has 17 heavy (non-hydrogen) atoms. The van der Waals surface area contributed by atoms with E-state index >= 15 is 0 Å². The SMILES string of the molecule is CCOC(=O)NC(C)(C)c1ccc(Br)c(Cl)c1. The highest BCUT2D eigenvalue weighted by Gasteiger charge is 2.24. The van der Waals surface area contributed by atoms with Crippen molar-refractivity contribution in [2.24, 2.45) is 0 Å². The number of alkyl carbamates (subject to hydrolysis) is 1. The fraction of sp³-hybridized carbons (Fsp3) is 0.417. The molecule has 0 radical (unpaired) electrons. The van der Waals surface area contributed by atoms with Crippen molar-refractivity contribution in [3.05, 3.63) is 33.3 Å². The maximum atomic E-state index is 11.4. The smallest absolute Gasteiger partial charge is 0.407 e. The van der Waals surface area contributed by atoms with Gasteiger partial charge in [0.1, 0.15) is 0 Å². The topological polar surface area (TPSA) is 38.3 Å². The molecule has 94 valence electrons. The number of hydrogen-bond acceptors (Lipinski definition) is 2. The molecule has 1 aromatic rings. The van der Waals surface area contributed by atoms with Crippen LogP contribution in [0.5, 0.6) is 0 Å². The molecule has 0 bridgehead atoms. The van der Waals surface area contributed by atoms with Gasteiger partial charge in [-0.3, -0.25) is 0 Å². The molecule has 0 fully saturated rings. The summed E-state index contributed by atoms with van der Waals surface area (Å²) in [6.45, 7) is 5.90. The zero-order valence-corrected chi connectivity index (χ0v) is 12.4. The molecular formula is C12H15BrClNO2. The second-order valence-corrected chi connectivity index (χ2v) is 5.36. The number of halogens is 2. The molecule has 3 nitrogen and oxygen atoms in total. The standard InChI is InChI=1S/C12H15BrClNO2/c1-4-17-11(16)15-12(2,3)8-5-6-9(13)10(14)7-8/h5-7H,4H2,1-3H3,(H,15,16). The summed E-state index contributed by atoms with van der Waals surface area (Å²) in [5.41, 5.74) is 0.384. The largest absolute Gasteiger partial charge is 0.450 e. The number of benzene rings is 1. The fourth-order valence-corrected chi connectivity index (χ4v) is 1.81. The van der Waals surface area contributed by atoms with Gasteiger partial charge in [-0.1, -0.05) is 17.7 Å². The van der Waals surface area contributed by atoms with Gasteiger partial charge in [0.25, 0.3) is 0 Å². The molecular weight excluding hydrogens is 305 g/mol. The average molecular weight is 321 g/mol. The van der Waals surface area contributed by atoms with E-state index < -0.39 is 11.6 Å². The van der Waals surface area contributed by atoms with Gasteiger partial charge < -0.3 is 10.1 Å². The van der Waals surface area contributed by atoms with Crippen molar-refractivity contribution in [2.45, 2.75) is 26.3 Å². The second-order valence-electron chi connectivity index (χ2n) is 4.10. The number of hydrogen-bond donors (Lipinski definition) is 1. The predicted molar refractivity (Wildman–Crippen MR) is 72.3 cm³/mol. The molecule has 1 amide bonds. The van der Waals surface area contributed by atoms with Crippen LogP contribution in [0, 0.1) is 0 Å². The highest BCUT2D eigenvalue weighted by molar-refractivity contribution is 9.10. The predicted octanol–water partition coefficient (Wildman–Crippen LogP) is 4.08. The molecule has 1 aromatic carbocycles. The Balaban J connectivity index is 2.88. The lowest BCUT2D eigenvalue weighted by Crippen LogP contribution is -2.41. The summed E-state index contributed by atoms with van der Waals surface area (Å²) in [6.07, 6.45) is -0.434. The molecule has 0 spiro atoms. The van der Waals surface area contributed by atoms with Gasteiger partial charge in [-0.05, 0) is 54.4 Å². The van der Waals surface area contributed by atoms with Gasteiger partial charge in [0, 0.05) is 4.47 Å². The molecule has 0 saturated heterocycles. The third-order valence-electron chi connectivity index (χ3n) is 2.33. The summed E-state index contributed by atoms with van der Waals surface area (Å²) >= 11 is 9.35. The molecule has 1 N–H and O–H groups in total. The Labute approximate surface area is 115 Å². The third kappa shape index (κ3) is 3.89. The molecule has 0 aromatic heterocycles. The van der Waals surface area contributed by atoms with Gasteiger partial charge in [0.05, 0.1) is 17.2 Å². The molecule has 0 aliphatic rings. The van der Waals surface area contributed by atoms with Gasteiger partial charge >= 0.3 is 6.09 Å². The van der Waals surface area contributed by atoms with E-state index in [0.717, 1.165) is 10.0 Å². The van der Waals surface area contributed by atoms with E-state index in [1.165, 1.54) is 0 Å². The van der Waals surface area contributed by atoms with Gasteiger partial charge in [-0.15, -0.1) is 0 Å². The van der Waals surface area contributed by atoms with E-state index in [2.05, 4.69) is 21.2 Å². The first-order valence-electron chi connectivity index (χ1n) is 5.27. The number of ether oxygens (including phenoxy) is 1. The molecule has 0 aliphatic carbocycles. The highest BCUT2D eigenvalue weighted by atomic mass is 79.9. The minimum Gasteiger partial charge on any atom is -0.450 e. The van der Waals surface area contributed by atoms with E-state index in [1.807, 2.05) is 32.0 Å². The second kappa shape index (κ2) is 5.74. The van der Waals surface area contributed by atoms with Crippen molar-refractivity contribution in [1.29, 1.82) is 0 Å². The lowest BCUT2D eigenvalue weighted by molar-refractivity contribution is 0.141. The number of amides is 1. The minimum absolute atomic E-state index is 0.350. The Morgan fingerprint density at radius 3 is 2.71 bits per heavy atom. The van der Waals surface area contributed by atoms with Crippen molar-refractivity contribution in [1.82, 2.24) is 5.32 Å². The van der Waals surface area contributed by atoms with Crippen LogP contribution in [0.1, 0.15) is 26.3 Å². The molecule has 0 aliphatic heterocycles. The zero-order valence-electron chi connectivity index (χ0n) is 10.0. The summed E-state index contributed by atoms with van der Waals surface area (Å²) < 4.78 is 5.69. The number of rotatable bonds is 3. The summed E-state index contributed by atoms with van der Waals surface area (Å²) in [5.74, 6) is 0. The van der Waals surface area contributed by atoms with Crippen LogP contribution in [-0.4, -0.2) is 12.7 Å². The Bertz CT molecular complexity index is 421. The Morgan fingerprint density at radius 2 is 2.18 bits per heavy atom. The van der Waals surface area contributed by atoms with Gasteiger partial charge in [0.2, 0.25) is 0 Å². The number of carbonyl (C=O) groups is 1. The fourth-order valence-electron chi connectivity index (χ4n) is 1.38. The first kappa shape index (κ1) is 14.3. The van der Waals surface area contributed by atoms with E-state index in [-0.39, 0.29) is 0 Å². The van der Waals surface area contributed by atoms with Crippen LogP contribution in [0.2, 0.25) is 5.02 Å². The lowest BCUT2D eigenvalue weighted by Gasteiger charge is -2.26. The normalized spacial score (nSPS) is 11.1. The van der Waals surface area contributed by atoms with Crippen molar-refractivity contribution in [3.63, 3.8) is 0 Å². The van der Waals surface area contributed by atoms with Crippen LogP contribution in [0.15, 0.2) is 22.7 Å². The summed E-state index contributed by atoms with van der Waals surface area (Å²) in [4.78, 5) is 11.4. The van der Waals surface area contributed by atoms with Crippen LogP contribution >= 0.6 is 27.5 Å². The van der Waals surface area contributed by atoms with E-state index in [0.29, 0.717) is 11.6 Å². The maximum Gasteiger partial charge on any atom is 0.407 e. The minimum atomic E-state index is -0.531. The third-order valence-corrected chi connectivity index (χ3v) is 3.56. The van der Waals surface area contributed by atoms with Gasteiger partial charge in [0.15, 0.2) is 0 Å². The Morgan fingerprint density at radius 1 is 1.53 bits per heavy atom. The van der Waals surface area contributed by atoms with Crippen LogP contribution < -0.4 is 5.32 Å². The Hall–Kier alpha value is -0.740. The van der Waals surface area contributed by atoms with E-state index in [4.69, 9.17) is 16.3 Å². The average Bonchev–Trinajstić information content (AvgIpc) is 2.21. The van der Waals surface area contributed by atoms with Crippen LogP contribution in [0.4, 0.5) is 4.79 Å². The van der Waals surface area contributed by atoms with Crippen molar-refractivity contribution in [3.8, 4) is 0 Å². The number of nitrogens with one attached hydrogen (secondary N) is 1. The van der Waals surface area contributed by atoms with E-state index in [9.17, 15) is 4.79 Å². The quantitative estimate of drug-likeness (QED) is 0.911. The Kier molecular flexibility index (Phi) is 4.83. The first-order valence-corrected chi connectivity index (χ1v) is 6.44. The summed E-state index contributed by atoms with van der Waals surface area (Å²) in [7, 11) is 0. The van der Waals surface area contributed by atoms with Crippen molar-refractivity contribution < 1.29 is 9.53 Å².